The Morgan fingerprint density at radius 1 is 0.818 bits per heavy atom. The average molecular weight is 660 g/mol. The number of carbonyl (C=O) groups is 3. The number of nitrogens with zero attached hydrogens (tertiary/aromatic N) is 1. The van der Waals surface area contributed by atoms with Crippen LogP contribution in [0.5, 0.6) is 0 Å². The van der Waals surface area contributed by atoms with Crippen LogP contribution in [-0.4, -0.2) is 51.3 Å². The number of carboxylic acid groups (broad SMARTS) is 3. The van der Waals surface area contributed by atoms with E-state index in [1.54, 1.807) is 48.1 Å². The number of nitrogens with two attached hydrogens (primary N) is 2. The van der Waals surface area contributed by atoms with Crippen molar-refractivity contribution in [1.29, 1.82) is 0 Å². The van der Waals surface area contributed by atoms with Crippen LogP contribution in [-0.2, 0) is 16.1 Å². The number of hydrogen-bond acceptors (Lipinski definition) is 8. The van der Waals surface area contributed by atoms with Crippen LogP contribution in [0.1, 0.15) is 51.0 Å². The van der Waals surface area contributed by atoms with Gasteiger partial charge in [-0.05, 0) is 83.2 Å². The summed E-state index contributed by atoms with van der Waals surface area (Å²) >= 11 is 13.5. The van der Waals surface area contributed by atoms with Crippen molar-refractivity contribution < 1.29 is 29.7 Å². The second-order valence-corrected chi connectivity index (χ2v) is 11.5. The highest BCUT2D eigenvalue weighted by molar-refractivity contribution is 7.12. The van der Waals surface area contributed by atoms with Gasteiger partial charge >= 0.3 is 17.9 Å². The van der Waals surface area contributed by atoms with Crippen LogP contribution in [0.4, 0.5) is 5.69 Å². The molecule has 2 aromatic carbocycles. The number of anilines is 1. The van der Waals surface area contributed by atoms with Crippen molar-refractivity contribution in [3.8, 4) is 11.1 Å². The summed E-state index contributed by atoms with van der Waals surface area (Å²) in [6.45, 7) is 1.09. The molecule has 2 aromatic heterocycles. The summed E-state index contributed by atoms with van der Waals surface area (Å²) in [5, 5.41) is 32.9. The van der Waals surface area contributed by atoms with Crippen LogP contribution in [0.3, 0.4) is 0 Å². The molecule has 4 aromatic rings. The Morgan fingerprint density at radius 2 is 1.39 bits per heavy atom. The maximum absolute atomic E-state index is 11.0. The zero-order valence-electron chi connectivity index (χ0n) is 23.5. The summed E-state index contributed by atoms with van der Waals surface area (Å²) in [5.41, 5.74) is 16.2. The second-order valence-electron chi connectivity index (χ2n) is 9.75. The van der Waals surface area contributed by atoms with E-state index in [2.05, 4.69) is 10.3 Å². The molecule has 0 saturated carbocycles. The lowest BCUT2D eigenvalue weighted by atomic mass is 9.93. The first-order valence-electron chi connectivity index (χ1n) is 13.4. The molecule has 0 bridgehead atoms. The van der Waals surface area contributed by atoms with E-state index in [4.69, 9.17) is 50.0 Å². The monoisotopic (exact) mass is 658 g/mol. The Labute approximate surface area is 268 Å². The first kappa shape index (κ1) is 34.5. The van der Waals surface area contributed by atoms with Crippen LogP contribution in [0.2, 0.25) is 10.0 Å². The van der Waals surface area contributed by atoms with Gasteiger partial charge in [0.2, 0.25) is 0 Å². The number of aliphatic carboxylic acids is 2. The van der Waals surface area contributed by atoms with Gasteiger partial charge in [-0.15, -0.1) is 11.3 Å². The molecule has 2 heterocycles. The number of thiophene rings is 1. The summed E-state index contributed by atoms with van der Waals surface area (Å²) in [6, 6.07) is 16.0. The van der Waals surface area contributed by atoms with Crippen molar-refractivity contribution in [2.75, 3.05) is 18.4 Å². The molecule has 0 radical (unpaired) electrons. The van der Waals surface area contributed by atoms with Crippen LogP contribution < -0.4 is 16.8 Å². The van der Waals surface area contributed by atoms with Crippen LogP contribution in [0.15, 0.2) is 72.4 Å². The number of hydrogen-bond donors (Lipinski definition) is 6. The predicted molar refractivity (Wildman–Crippen MR) is 173 cm³/mol. The van der Waals surface area contributed by atoms with E-state index >= 15 is 0 Å². The number of aromatic carboxylic acids is 1. The van der Waals surface area contributed by atoms with Crippen molar-refractivity contribution in [2.45, 2.75) is 31.2 Å². The Hall–Kier alpha value is -4.00. The van der Waals surface area contributed by atoms with Gasteiger partial charge in [0.05, 0.1) is 23.6 Å². The lowest BCUT2D eigenvalue weighted by Crippen LogP contribution is -2.16. The Bertz CT molecular complexity index is 1580. The topological polar surface area (TPSA) is 189 Å². The quantitative estimate of drug-likeness (QED) is 0.0972. The van der Waals surface area contributed by atoms with E-state index < -0.39 is 17.9 Å². The third-order valence-corrected chi connectivity index (χ3v) is 8.27. The van der Waals surface area contributed by atoms with Gasteiger partial charge in [-0.25, -0.2) is 4.79 Å². The van der Waals surface area contributed by atoms with Gasteiger partial charge in [0.25, 0.3) is 0 Å². The number of aromatic nitrogens is 1. The van der Waals surface area contributed by atoms with E-state index in [1.165, 1.54) is 0 Å². The molecule has 232 valence electrons. The van der Waals surface area contributed by atoms with E-state index in [-0.39, 0.29) is 42.6 Å². The van der Waals surface area contributed by atoms with E-state index in [0.29, 0.717) is 27.7 Å². The fraction of sp³-hybridized carbons (Fsp3) is 0.226. The Kier molecular flexibility index (Phi) is 13.1. The highest BCUT2D eigenvalue weighted by Gasteiger charge is 2.18. The van der Waals surface area contributed by atoms with Gasteiger partial charge in [-0.3, -0.25) is 14.6 Å². The van der Waals surface area contributed by atoms with Gasteiger partial charge in [0, 0.05) is 41.4 Å². The molecular formula is C31H32Cl2N4O6S. The van der Waals surface area contributed by atoms with E-state index in [9.17, 15) is 14.4 Å². The molecule has 0 fully saturated rings. The molecule has 0 unspecified atom stereocenters. The molecular weight excluding hydrogens is 627 g/mol. The van der Waals surface area contributed by atoms with Crippen LogP contribution >= 0.6 is 34.5 Å². The van der Waals surface area contributed by atoms with Crippen molar-refractivity contribution in [3.05, 3.63) is 104 Å². The molecule has 0 aliphatic heterocycles. The minimum Gasteiger partial charge on any atom is -0.481 e. The summed E-state index contributed by atoms with van der Waals surface area (Å²) in [7, 11) is 0. The lowest BCUT2D eigenvalue weighted by molar-refractivity contribution is -0.138. The predicted octanol–water partition coefficient (Wildman–Crippen LogP) is 6.15. The standard InChI is InChI=1S/C16H18ClN3O2.C15H14ClNO4S/c17-14-2-1-12(13(9-18)8-16(21)22)7-15(14)20-10-11-3-5-19-6-4-11;16-12-2-1-8(9(6-17)5-14(18)19)3-11(12)10-4-13(15(20)21)22-7-10/h1-7,13,20H,8-10,18H2,(H,21,22);1-4,7,9H,5-6,17H2,(H,18,19)(H,20,21)/t13-;9-/m00/s1. The van der Waals surface area contributed by atoms with E-state index in [1.807, 2.05) is 24.3 Å². The maximum atomic E-state index is 11.0. The fourth-order valence-electron chi connectivity index (χ4n) is 4.33. The normalized spacial score (nSPS) is 12.0. The van der Waals surface area contributed by atoms with Gasteiger partial charge in [0.15, 0.2) is 0 Å². The highest BCUT2D eigenvalue weighted by atomic mass is 35.5. The molecule has 0 aliphatic rings. The first-order chi connectivity index (χ1) is 21.0. The number of pyridine rings is 1. The van der Waals surface area contributed by atoms with E-state index in [0.717, 1.165) is 33.7 Å². The molecule has 2 atom stereocenters. The summed E-state index contributed by atoms with van der Waals surface area (Å²) in [6.07, 6.45) is 3.39. The molecule has 0 spiro atoms. The van der Waals surface area contributed by atoms with Gasteiger partial charge in [0.1, 0.15) is 4.88 Å². The molecule has 0 saturated heterocycles. The lowest BCUT2D eigenvalue weighted by Gasteiger charge is -2.16. The molecule has 44 heavy (non-hydrogen) atoms. The largest absolute Gasteiger partial charge is 0.481 e. The number of halogens is 2. The summed E-state index contributed by atoms with van der Waals surface area (Å²) in [4.78, 5) is 37.0. The number of benzene rings is 2. The SMILES string of the molecule is NC[C@H](CC(=O)O)c1ccc(Cl)c(-c2csc(C(=O)O)c2)c1.NC[C@H](CC(=O)O)c1ccc(Cl)c(NCc2ccncc2)c1. The average Bonchev–Trinajstić information content (AvgIpc) is 3.50. The molecule has 0 amide bonds. The number of nitrogens with one attached hydrogen (secondary N) is 1. The molecule has 0 aliphatic carbocycles. The van der Waals surface area contributed by atoms with Gasteiger partial charge in [-0.1, -0.05) is 35.3 Å². The van der Waals surface area contributed by atoms with Crippen molar-refractivity contribution >= 4 is 58.1 Å². The van der Waals surface area contributed by atoms with Crippen LogP contribution in [0, 0.1) is 0 Å². The van der Waals surface area contributed by atoms with Gasteiger partial charge < -0.3 is 32.1 Å². The zero-order valence-corrected chi connectivity index (χ0v) is 25.8. The number of rotatable bonds is 13. The summed E-state index contributed by atoms with van der Waals surface area (Å²) in [5.74, 6) is -3.32. The molecule has 13 heteroatoms. The molecule has 8 N–H and O–H groups in total. The Morgan fingerprint density at radius 3 is 1.91 bits per heavy atom. The minimum absolute atomic E-state index is 0.00191. The van der Waals surface area contributed by atoms with Crippen molar-refractivity contribution in [1.82, 2.24) is 4.98 Å². The third-order valence-electron chi connectivity index (χ3n) is 6.69. The van der Waals surface area contributed by atoms with Gasteiger partial charge in [-0.2, -0.15) is 0 Å². The third kappa shape index (κ3) is 10.0. The minimum atomic E-state index is -0.991. The molecule has 4 rings (SSSR count). The molecule has 10 nitrogen and oxygen atoms in total. The highest BCUT2D eigenvalue weighted by Crippen LogP contribution is 2.34. The number of carboxylic acids is 3. The first-order valence-corrected chi connectivity index (χ1v) is 15.0. The summed E-state index contributed by atoms with van der Waals surface area (Å²) < 4.78 is 0. The second kappa shape index (κ2) is 16.7. The zero-order chi connectivity index (χ0) is 32.2. The van der Waals surface area contributed by atoms with Crippen molar-refractivity contribution in [2.24, 2.45) is 11.5 Å². The van der Waals surface area contributed by atoms with Crippen molar-refractivity contribution in [3.63, 3.8) is 0 Å². The smallest absolute Gasteiger partial charge is 0.345 e. The van der Waals surface area contributed by atoms with Crippen LogP contribution in [0.25, 0.3) is 11.1 Å². The fourth-order valence-corrected chi connectivity index (χ4v) is 5.49. The Balaban J connectivity index is 0.000000240. The maximum Gasteiger partial charge on any atom is 0.345 e.